The molecule has 0 radical (unpaired) electrons. The Morgan fingerprint density at radius 3 is 2.92 bits per heavy atom. The molecule has 0 aliphatic heterocycles. The molecule has 0 unspecified atom stereocenters. The van der Waals surface area contributed by atoms with Crippen molar-refractivity contribution in [3.05, 3.63) is 59.0 Å². The van der Waals surface area contributed by atoms with Crippen LogP contribution < -0.4 is 15.0 Å². The molecule has 0 fully saturated rings. The average molecular weight is 374 g/mol. The Morgan fingerprint density at radius 1 is 1.35 bits per heavy atom. The second kappa shape index (κ2) is 7.92. The van der Waals surface area contributed by atoms with Gasteiger partial charge in [0.15, 0.2) is 11.6 Å². The number of anilines is 2. The number of hydrogen-bond donors (Lipinski definition) is 1. The van der Waals surface area contributed by atoms with Gasteiger partial charge in [-0.1, -0.05) is 11.3 Å². The fourth-order valence-electron chi connectivity index (χ4n) is 2.16. The third-order valence-electron chi connectivity index (χ3n) is 3.30. The number of H-pyrrole nitrogens is 1. The topological polar surface area (TPSA) is 74.6 Å². The van der Waals surface area contributed by atoms with E-state index in [0.29, 0.717) is 11.6 Å². The van der Waals surface area contributed by atoms with Gasteiger partial charge in [0, 0.05) is 11.4 Å². The fourth-order valence-corrected chi connectivity index (χ4v) is 2.86. The molecule has 26 heavy (non-hydrogen) atoms. The molecule has 2 heterocycles. The summed E-state index contributed by atoms with van der Waals surface area (Å²) in [6, 6.07) is 7.17. The SMILES string of the molecule is CCOC(=O)c1ccc(F)c(Oc2cc[nH+]c(Nc3nc(C)cs3)c2)c1. The Balaban J connectivity index is 1.79. The van der Waals surface area contributed by atoms with Crippen LogP contribution in [0.2, 0.25) is 0 Å². The van der Waals surface area contributed by atoms with Gasteiger partial charge in [-0.15, -0.1) is 0 Å². The Hall–Kier alpha value is -3.00. The van der Waals surface area contributed by atoms with Gasteiger partial charge in [-0.2, -0.15) is 0 Å². The van der Waals surface area contributed by atoms with E-state index in [9.17, 15) is 9.18 Å². The van der Waals surface area contributed by atoms with Crippen molar-refractivity contribution in [2.24, 2.45) is 0 Å². The molecule has 0 saturated carbocycles. The highest BCUT2D eigenvalue weighted by Gasteiger charge is 2.14. The van der Waals surface area contributed by atoms with E-state index in [1.807, 2.05) is 12.3 Å². The zero-order valence-corrected chi connectivity index (χ0v) is 15.0. The second-order valence-electron chi connectivity index (χ2n) is 5.32. The molecular weight excluding hydrogens is 357 g/mol. The fraction of sp³-hybridized carbons (Fsp3) is 0.167. The predicted molar refractivity (Wildman–Crippen MR) is 95.6 cm³/mol. The summed E-state index contributed by atoms with van der Waals surface area (Å²) < 4.78 is 24.6. The molecule has 0 saturated heterocycles. The molecule has 0 spiro atoms. The zero-order chi connectivity index (χ0) is 18.5. The van der Waals surface area contributed by atoms with Crippen LogP contribution in [0, 0.1) is 12.7 Å². The number of nitrogens with zero attached hydrogens (tertiary/aromatic N) is 1. The molecule has 0 aliphatic rings. The number of rotatable bonds is 6. The number of carbonyl (C=O) groups is 1. The first kappa shape index (κ1) is 17.8. The molecule has 1 aromatic carbocycles. The van der Waals surface area contributed by atoms with Crippen molar-refractivity contribution in [2.45, 2.75) is 13.8 Å². The standard InChI is InChI=1S/C18H16FN3O3S/c1-3-24-17(23)12-4-5-14(19)15(8-12)25-13-6-7-20-16(9-13)22-18-21-11(2)10-26-18/h4-10H,3H2,1-2H3,(H,20,21,22)/p+1. The lowest BCUT2D eigenvalue weighted by atomic mass is 10.2. The van der Waals surface area contributed by atoms with Crippen LogP contribution in [0.5, 0.6) is 11.5 Å². The minimum atomic E-state index is -0.573. The number of hydrogen-bond acceptors (Lipinski definition) is 6. The zero-order valence-electron chi connectivity index (χ0n) is 14.2. The van der Waals surface area contributed by atoms with Crippen molar-refractivity contribution >= 4 is 28.3 Å². The van der Waals surface area contributed by atoms with E-state index in [2.05, 4.69) is 15.3 Å². The number of esters is 1. The number of benzene rings is 1. The van der Waals surface area contributed by atoms with E-state index in [0.717, 1.165) is 10.8 Å². The number of aromatic amines is 1. The van der Waals surface area contributed by atoms with Gasteiger partial charge in [0.25, 0.3) is 10.9 Å². The highest BCUT2D eigenvalue weighted by atomic mass is 32.1. The van der Waals surface area contributed by atoms with Gasteiger partial charge in [0.05, 0.1) is 30.1 Å². The number of halogens is 1. The normalized spacial score (nSPS) is 10.4. The van der Waals surface area contributed by atoms with Crippen LogP contribution in [0.4, 0.5) is 15.3 Å². The third kappa shape index (κ3) is 4.34. The Morgan fingerprint density at radius 2 is 2.19 bits per heavy atom. The highest BCUT2D eigenvalue weighted by molar-refractivity contribution is 7.13. The quantitative estimate of drug-likeness (QED) is 0.657. The van der Waals surface area contributed by atoms with Crippen LogP contribution in [0.3, 0.4) is 0 Å². The molecule has 0 atom stereocenters. The molecule has 0 aliphatic carbocycles. The van der Waals surface area contributed by atoms with Gasteiger partial charge >= 0.3 is 5.97 Å². The number of pyridine rings is 1. The van der Waals surface area contributed by atoms with Crippen molar-refractivity contribution in [2.75, 3.05) is 11.9 Å². The second-order valence-corrected chi connectivity index (χ2v) is 6.18. The first-order valence-corrected chi connectivity index (χ1v) is 8.78. The van der Waals surface area contributed by atoms with Crippen LogP contribution in [-0.4, -0.2) is 17.6 Å². The molecule has 6 nitrogen and oxygen atoms in total. The Bertz CT molecular complexity index is 930. The maximum absolute atomic E-state index is 14.0. The first-order chi connectivity index (χ1) is 12.5. The molecule has 8 heteroatoms. The van der Waals surface area contributed by atoms with Crippen LogP contribution in [0.1, 0.15) is 23.0 Å². The third-order valence-corrected chi connectivity index (χ3v) is 4.18. The maximum Gasteiger partial charge on any atom is 0.338 e. The summed E-state index contributed by atoms with van der Waals surface area (Å²) in [6.45, 7) is 3.86. The summed E-state index contributed by atoms with van der Waals surface area (Å²) in [4.78, 5) is 19.1. The minimum Gasteiger partial charge on any atom is -0.462 e. The molecule has 3 aromatic rings. The number of aromatic nitrogens is 2. The summed E-state index contributed by atoms with van der Waals surface area (Å²) in [5.41, 5.74) is 1.14. The molecule has 0 bridgehead atoms. The lowest BCUT2D eigenvalue weighted by Crippen LogP contribution is -2.09. The lowest BCUT2D eigenvalue weighted by Gasteiger charge is -2.08. The van der Waals surface area contributed by atoms with Crippen molar-refractivity contribution < 1.29 is 23.6 Å². The Kier molecular flexibility index (Phi) is 5.43. The van der Waals surface area contributed by atoms with Gasteiger partial charge in [-0.25, -0.2) is 24.5 Å². The van der Waals surface area contributed by atoms with Crippen molar-refractivity contribution in [3.8, 4) is 11.5 Å². The van der Waals surface area contributed by atoms with Crippen LogP contribution in [0.15, 0.2) is 41.9 Å². The summed E-state index contributed by atoms with van der Waals surface area (Å²) in [5.74, 6) is -0.118. The largest absolute Gasteiger partial charge is 0.462 e. The number of aryl methyl sites for hydroxylation is 1. The molecule has 2 N–H and O–H groups in total. The van der Waals surface area contributed by atoms with Gasteiger partial charge in [-0.05, 0) is 32.0 Å². The molecule has 0 amide bonds. The van der Waals surface area contributed by atoms with E-state index < -0.39 is 11.8 Å². The van der Waals surface area contributed by atoms with E-state index >= 15 is 0 Å². The van der Waals surface area contributed by atoms with Crippen molar-refractivity contribution in [3.63, 3.8) is 0 Å². The summed E-state index contributed by atoms with van der Waals surface area (Å²) in [6.07, 6.45) is 1.66. The van der Waals surface area contributed by atoms with Gasteiger partial charge in [0.2, 0.25) is 0 Å². The average Bonchev–Trinajstić information content (AvgIpc) is 3.02. The first-order valence-electron chi connectivity index (χ1n) is 7.90. The van der Waals surface area contributed by atoms with Gasteiger partial charge in [0.1, 0.15) is 5.75 Å². The monoisotopic (exact) mass is 374 g/mol. The van der Waals surface area contributed by atoms with E-state index in [1.54, 1.807) is 25.3 Å². The van der Waals surface area contributed by atoms with E-state index in [-0.39, 0.29) is 17.9 Å². The highest BCUT2D eigenvalue weighted by Crippen LogP contribution is 2.27. The molecule has 134 valence electrons. The Labute approximate surface area is 153 Å². The van der Waals surface area contributed by atoms with Gasteiger partial charge < -0.3 is 9.47 Å². The molecular formula is C18H17FN3O3S+. The smallest absolute Gasteiger partial charge is 0.338 e. The van der Waals surface area contributed by atoms with E-state index in [1.165, 1.54) is 29.5 Å². The molecule has 2 aromatic heterocycles. The summed E-state index contributed by atoms with van der Waals surface area (Å²) >= 11 is 1.47. The summed E-state index contributed by atoms with van der Waals surface area (Å²) in [7, 11) is 0. The maximum atomic E-state index is 14.0. The summed E-state index contributed by atoms with van der Waals surface area (Å²) in [5, 5.41) is 5.77. The van der Waals surface area contributed by atoms with Crippen molar-refractivity contribution in [1.82, 2.24) is 4.98 Å². The molecule has 3 rings (SSSR count). The minimum absolute atomic E-state index is 0.0576. The predicted octanol–water partition coefficient (Wildman–Crippen LogP) is 4.12. The van der Waals surface area contributed by atoms with Crippen LogP contribution in [-0.2, 0) is 4.74 Å². The number of ether oxygens (including phenoxy) is 2. The number of thiazole rings is 1. The van der Waals surface area contributed by atoms with Crippen molar-refractivity contribution in [1.29, 1.82) is 0 Å². The van der Waals surface area contributed by atoms with Crippen LogP contribution >= 0.6 is 11.3 Å². The van der Waals surface area contributed by atoms with Gasteiger partial charge in [-0.3, -0.25) is 0 Å². The van der Waals surface area contributed by atoms with Crippen LogP contribution in [0.25, 0.3) is 0 Å². The number of carbonyl (C=O) groups excluding carboxylic acids is 1. The lowest BCUT2D eigenvalue weighted by molar-refractivity contribution is -0.360. The number of nitrogens with one attached hydrogen (secondary N) is 2. The van der Waals surface area contributed by atoms with E-state index in [4.69, 9.17) is 9.47 Å².